The van der Waals surface area contributed by atoms with Crippen molar-refractivity contribution in [3.63, 3.8) is 0 Å². The van der Waals surface area contributed by atoms with Gasteiger partial charge in [0.2, 0.25) is 5.82 Å². The van der Waals surface area contributed by atoms with Gasteiger partial charge in [-0.2, -0.15) is 4.98 Å². The molecule has 1 atom stereocenters. The zero-order valence-corrected chi connectivity index (χ0v) is 21.6. The van der Waals surface area contributed by atoms with E-state index < -0.39 is 0 Å². The normalized spacial score (nSPS) is 15.7. The maximum atomic E-state index is 5.86. The molecule has 4 aromatic rings. The van der Waals surface area contributed by atoms with E-state index >= 15 is 0 Å². The number of allylic oxidation sites excluding steroid dienone is 1. The Morgan fingerprint density at radius 1 is 0.972 bits per heavy atom. The number of nitrogens with zero attached hydrogens (tertiary/aromatic N) is 3. The fourth-order valence-electron chi connectivity index (χ4n) is 4.35. The van der Waals surface area contributed by atoms with Crippen molar-refractivity contribution in [2.45, 2.75) is 33.4 Å². The number of thiocarbonyl (C=S) groups is 1. The quantitative estimate of drug-likeness (QED) is 0.318. The number of hydrogen-bond acceptors (Lipinski definition) is 5. The van der Waals surface area contributed by atoms with E-state index in [-0.39, 0.29) is 6.04 Å². The van der Waals surface area contributed by atoms with Crippen molar-refractivity contribution in [2.24, 2.45) is 0 Å². The minimum absolute atomic E-state index is 0.270. The van der Waals surface area contributed by atoms with E-state index in [1.54, 1.807) is 7.11 Å². The highest BCUT2D eigenvalue weighted by atomic mass is 32.1. The molecule has 0 bridgehead atoms. The topological polar surface area (TPSA) is 63.4 Å². The van der Waals surface area contributed by atoms with Crippen molar-refractivity contribution in [1.29, 1.82) is 0 Å². The van der Waals surface area contributed by atoms with Crippen molar-refractivity contribution in [2.75, 3.05) is 7.11 Å². The number of hydrogen-bond donors (Lipinski definition) is 1. The first-order chi connectivity index (χ1) is 17.4. The summed E-state index contributed by atoms with van der Waals surface area (Å²) in [6, 6.07) is 24.2. The van der Waals surface area contributed by atoms with Gasteiger partial charge in [0.15, 0.2) is 5.11 Å². The summed E-state index contributed by atoms with van der Waals surface area (Å²) < 4.78 is 11.3. The lowest BCUT2D eigenvalue weighted by Gasteiger charge is -2.37. The van der Waals surface area contributed by atoms with Crippen LogP contribution in [-0.2, 0) is 6.54 Å². The van der Waals surface area contributed by atoms with Crippen LogP contribution >= 0.6 is 12.2 Å². The molecule has 1 unspecified atom stereocenters. The molecule has 0 amide bonds. The third kappa shape index (κ3) is 4.75. The van der Waals surface area contributed by atoms with Crippen LogP contribution in [0.5, 0.6) is 5.75 Å². The largest absolute Gasteiger partial charge is 0.497 e. The Hall–Kier alpha value is -3.97. The molecule has 3 aromatic carbocycles. The molecule has 0 aliphatic carbocycles. The lowest BCUT2D eigenvalue weighted by Crippen LogP contribution is -2.45. The Balaban J connectivity index is 1.59. The second kappa shape index (κ2) is 9.95. The molecule has 0 spiro atoms. The van der Waals surface area contributed by atoms with Gasteiger partial charge in [0, 0.05) is 17.8 Å². The number of rotatable bonds is 6. The molecule has 6 nitrogen and oxygen atoms in total. The van der Waals surface area contributed by atoms with Crippen LogP contribution in [0.3, 0.4) is 0 Å². The maximum Gasteiger partial charge on any atom is 0.258 e. The van der Waals surface area contributed by atoms with Gasteiger partial charge in [-0.05, 0) is 56.2 Å². The molecule has 0 fully saturated rings. The lowest BCUT2D eigenvalue weighted by atomic mass is 9.94. The molecular formula is C29H28N4O2S. The van der Waals surface area contributed by atoms with Gasteiger partial charge in [0.05, 0.1) is 18.7 Å². The molecule has 0 radical (unpaired) electrons. The average Bonchev–Trinajstić information content (AvgIpc) is 3.37. The zero-order valence-electron chi connectivity index (χ0n) is 20.8. The van der Waals surface area contributed by atoms with Crippen LogP contribution < -0.4 is 10.1 Å². The Morgan fingerprint density at radius 3 is 2.36 bits per heavy atom. The highest BCUT2D eigenvalue weighted by Crippen LogP contribution is 2.38. The highest BCUT2D eigenvalue weighted by Gasteiger charge is 2.34. The molecule has 2 heterocycles. The van der Waals surface area contributed by atoms with Crippen molar-refractivity contribution < 1.29 is 9.26 Å². The van der Waals surface area contributed by atoms with Crippen molar-refractivity contribution >= 4 is 22.9 Å². The number of benzene rings is 3. The van der Waals surface area contributed by atoms with Gasteiger partial charge in [-0.25, -0.2) is 0 Å². The minimum atomic E-state index is -0.270. The molecule has 182 valence electrons. The van der Waals surface area contributed by atoms with Crippen LogP contribution in [0.2, 0.25) is 0 Å². The fourth-order valence-corrected chi connectivity index (χ4v) is 4.67. The smallest absolute Gasteiger partial charge is 0.258 e. The van der Waals surface area contributed by atoms with E-state index in [1.165, 1.54) is 11.1 Å². The molecule has 36 heavy (non-hydrogen) atoms. The predicted octanol–water partition coefficient (Wildman–Crippen LogP) is 6.22. The van der Waals surface area contributed by atoms with E-state index in [0.29, 0.717) is 23.4 Å². The summed E-state index contributed by atoms with van der Waals surface area (Å²) in [4.78, 5) is 6.89. The summed E-state index contributed by atoms with van der Waals surface area (Å²) in [5.41, 5.74) is 7.31. The summed E-state index contributed by atoms with van der Waals surface area (Å²) in [6.07, 6.45) is 0. The zero-order chi connectivity index (χ0) is 25.2. The average molecular weight is 497 g/mol. The Labute approximate surface area is 216 Å². The third-order valence-corrected chi connectivity index (χ3v) is 6.79. The Bertz CT molecular complexity index is 1420. The number of aromatic nitrogens is 2. The molecule has 0 saturated carbocycles. The summed E-state index contributed by atoms with van der Waals surface area (Å²) in [7, 11) is 1.66. The summed E-state index contributed by atoms with van der Waals surface area (Å²) >= 11 is 5.85. The Kier molecular flexibility index (Phi) is 6.57. The van der Waals surface area contributed by atoms with E-state index in [9.17, 15) is 0 Å². The van der Waals surface area contributed by atoms with E-state index in [4.69, 9.17) is 26.5 Å². The first-order valence-electron chi connectivity index (χ1n) is 11.8. The molecule has 1 aliphatic rings. The van der Waals surface area contributed by atoms with Gasteiger partial charge >= 0.3 is 0 Å². The standard InChI is InChI=1S/C29H28N4O2S/c1-18-8-12-21(13-9-18)17-33-20(3)25(26(30-29(33)36)23-6-5-7-24(16-23)34-4)28-31-27(32-35-28)22-14-10-19(2)11-15-22/h5-16,26H,17H2,1-4H3,(H,30,36). The van der Waals surface area contributed by atoms with Crippen LogP contribution in [0.15, 0.2) is 83.0 Å². The van der Waals surface area contributed by atoms with E-state index in [2.05, 4.69) is 60.4 Å². The van der Waals surface area contributed by atoms with Crippen LogP contribution in [-0.4, -0.2) is 27.3 Å². The molecule has 5 rings (SSSR count). The third-order valence-electron chi connectivity index (χ3n) is 6.45. The Morgan fingerprint density at radius 2 is 1.67 bits per heavy atom. The monoisotopic (exact) mass is 496 g/mol. The summed E-state index contributed by atoms with van der Waals surface area (Å²) in [5.74, 6) is 1.78. The highest BCUT2D eigenvalue weighted by molar-refractivity contribution is 7.80. The molecular weight excluding hydrogens is 468 g/mol. The molecule has 1 aliphatic heterocycles. The fraction of sp³-hybridized carbons (Fsp3) is 0.207. The second-order valence-electron chi connectivity index (χ2n) is 9.02. The van der Waals surface area contributed by atoms with Gasteiger partial charge in [-0.15, -0.1) is 0 Å². The van der Waals surface area contributed by atoms with E-state index in [1.807, 2.05) is 48.5 Å². The molecule has 7 heteroatoms. The van der Waals surface area contributed by atoms with Crippen LogP contribution in [0, 0.1) is 13.8 Å². The molecule has 0 saturated heterocycles. The first-order valence-corrected chi connectivity index (χ1v) is 12.2. The van der Waals surface area contributed by atoms with Crippen molar-refractivity contribution in [1.82, 2.24) is 20.4 Å². The van der Waals surface area contributed by atoms with Crippen molar-refractivity contribution in [3.05, 3.63) is 107 Å². The first kappa shape index (κ1) is 23.8. The molecule has 1 N–H and O–H groups in total. The summed E-state index contributed by atoms with van der Waals surface area (Å²) in [6.45, 7) is 6.82. The van der Waals surface area contributed by atoms with Gasteiger partial charge < -0.3 is 19.5 Å². The number of nitrogens with one attached hydrogen (secondary N) is 1. The predicted molar refractivity (Wildman–Crippen MR) is 145 cm³/mol. The van der Waals surface area contributed by atoms with Gasteiger partial charge in [-0.1, -0.05) is 76.9 Å². The van der Waals surface area contributed by atoms with Crippen LogP contribution in [0.4, 0.5) is 0 Å². The maximum absolute atomic E-state index is 5.86. The second-order valence-corrected chi connectivity index (χ2v) is 9.41. The summed E-state index contributed by atoms with van der Waals surface area (Å²) in [5, 5.41) is 8.46. The van der Waals surface area contributed by atoms with Crippen LogP contribution in [0.1, 0.15) is 41.1 Å². The van der Waals surface area contributed by atoms with Gasteiger partial charge in [-0.3, -0.25) is 0 Å². The van der Waals surface area contributed by atoms with Gasteiger partial charge in [0.25, 0.3) is 5.89 Å². The number of aryl methyl sites for hydroxylation is 2. The van der Waals surface area contributed by atoms with Crippen LogP contribution in [0.25, 0.3) is 17.0 Å². The van der Waals surface area contributed by atoms with Crippen molar-refractivity contribution in [3.8, 4) is 17.1 Å². The number of methoxy groups -OCH3 is 1. The molecule has 1 aromatic heterocycles. The number of ether oxygens (including phenoxy) is 1. The van der Waals surface area contributed by atoms with E-state index in [0.717, 1.165) is 33.7 Å². The van der Waals surface area contributed by atoms with Gasteiger partial charge in [0.1, 0.15) is 5.75 Å². The lowest BCUT2D eigenvalue weighted by molar-refractivity contribution is 0.395. The SMILES string of the molecule is COc1cccc(C2NC(=S)N(Cc3ccc(C)cc3)C(C)=C2c2nc(-c3ccc(C)cc3)no2)c1. The minimum Gasteiger partial charge on any atom is -0.497 e.